The van der Waals surface area contributed by atoms with E-state index < -0.39 is 0 Å². The number of benzene rings is 3. The number of rotatable bonds is 11. The van der Waals surface area contributed by atoms with Crippen LogP contribution in [-0.2, 0) is 19.9 Å². The smallest absolute Gasteiger partial charge is 0.258 e. The number of anilines is 1. The van der Waals surface area contributed by atoms with Crippen LogP contribution < -0.4 is 29.0 Å². The second kappa shape index (κ2) is 12.3. The Labute approximate surface area is 228 Å². The monoisotopic (exact) mass is 531 g/mol. The van der Waals surface area contributed by atoms with Crippen molar-refractivity contribution in [2.75, 3.05) is 40.9 Å². The summed E-state index contributed by atoms with van der Waals surface area (Å²) >= 11 is 0. The van der Waals surface area contributed by atoms with Gasteiger partial charge in [0, 0.05) is 23.9 Å². The van der Waals surface area contributed by atoms with Crippen LogP contribution >= 0.6 is 0 Å². The van der Waals surface area contributed by atoms with Crippen molar-refractivity contribution in [3.05, 3.63) is 77.5 Å². The number of aryl methyl sites for hydroxylation is 1. The van der Waals surface area contributed by atoms with E-state index in [4.69, 9.17) is 28.7 Å². The number of nitrogens with one attached hydrogen (secondary N) is 1. The molecular weight excluding hydrogens is 498 g/mol. The second-order valence-corrected chi connectivity index (χ2v) is 8.73. The Hall–Kier alpha value is -4.66. The zero-order valence-corrected chi connectivity index (χ0v) is 23.0. The number of ether oxygens (including phenoxy) is 5. The third-order valence-corrected chi connectivity index (χ3v) is 6.54. The van der Waals surface area contributed by atoms with E-state index in [2.05, 4.69) is 17.4 Å². The summed E-state index contributed by atoms with van der Waals surface area (Å²) in [4.78, 5) is 18.2. The predicted octanol–water partition coefficient (Wildman–Crippen LogP) is 5.17. The van der Waals surface area contributed by atoms with Gasteiger partial charge in [0.2, 0.25) is 11.7 Å². The lowest BCUT2D eigenvalue weighted by Gasteiger charge is -2.14. The van der Waals surface area contributed by atoms with E-state index in [9.17, 15) is 4.79 Å². The number of hydrogen-bond donors (Lipinski definition) is 1. The van der Waals surface area contributed by atoms with E-state index in [1.807, 2.05) is 48.0 Å². The molecule has 0 saturated heterocycles. The SMILES string of the molecule is COc1ccc(CCc2c(-c3ccc(OC)cc3)nc(NC(=O)c3cc(OC)c(OC)c(OC)c3)n2C)cc1. The van der Waals surface area contributed by atoms with E-state index >= 15 is 0 Å². The number of hydrogen-bond acceptors (Lipinski definition) is 7. The maximum atomic E-state index is 13.3. The molecule has 1 aromatic heterocycles. The third kappa shape index (κ3) is 5.93. The zero-order valence-electron chi connectivity index (χ0n) is 23.0. The molecule has 0 atom stereocenters. The van der Waals surface area contributed by atoms with E-state index in [1.165, 1.54) is 26.9 Å². The van der Waals surface area contributed by atoms with Gasteiger partial charge >= 0.3 is 0 Å². The van der Waals surface area contributed by atoms with Gasteiger partial charge in [-0.1, -0.05) is 12.1 Å². The molecule has 9 nitrogen and oxygen atoms in total. The normalized spacial score (nSPS) is 10.6. The predicted molar refractivity (Wildman–Crippen MR) is 150 cm³/mol. The molecule has 4 rings (SSSR count). The summed E-state index contributed by atoms with van der Waals surface area (Å²) in [7, 11) is 9.71. The molecule has 204 valence electrons. The van der Waals surface area contributed by atoms with Gasteiger partial charge in [0.25, 0.3) is 5.91 Å². The molecule has 3 aromatic carbocycles. The molecule has 1 amide bonds. The van der Waals surface area contributed by atoms with Crippen molar-refractivity contribution in [2.45, 2.75) is 12.8 Å². The van der Waals surface area contributed by atoms with E-state index in [0.29, 0.717) is 35.2 Å². The Kier molecular flexibility index (Phi) is 8.60. The van der Waals surface area contributed by atoms with Gasteiger partial charge in [-0.2, -0.15) is 0 Å². The fourth-order valence-electron chi connectivity index (χ4n) is 4.35. The molecule has 0 unspecified atom stereocenters. The van der Waals surface area contributed by atoms with Crippen molar-refractivity contribution in [2.24, 2.45) is 7.05 Å². The Balaban J connectivity index is 1.67. The quantitative estimate of drug-likeness (QED) is 0.286. The van der Waals surface area contributed by atoms with Crippen molar-refractivity contribution in [3.63, 3.8) is 0 Å². The number of amides is 1. The fraction of sp³-hybridized carbons (Fsp3) is 0.267. The van der Waals surface area contributed by atoms with Crippen molar-refractivity contribution in [1.82, 2.24) is 9.55 Å². The number of nitrogens with zero attached hydrogens (tertiary/aromatic N) is 2. The molecule has 4 aromatic rings. The molecule has 0 aliphatic carbocycles. The first-order valence-electron chi connectivity index (χ1n) is 12.4. The summed E-state index contributed by atoms with van der Waals surface area (Å²) < 4.78 is 28.7. The molecule has 0 saturated carbocycles. The third-order valence-electron chi connectivity index (χ3n) is 6.54. The largest absolute Gasteiger partial charge is 0.497 e. The highest BCUT2D eigenvalue weighted by Crippen LogP contribution is 2.38. The van der Waals surface area contributed by atoms with Gasteiger partial charge in [-0.15, -0.1) is 0 Å². The average molecular weight is 532 g/mol. The van der Waals surface area contributed by atoms with Crippen LogP contribution in [0.4, 0.5) is 5.95 Å². The number of methoxy groups -OCH3 is 5. The van der Waals surface area contributed by atoms with Crippen molar-refractivity contribution in [1.29, 1.82) is 0 Å². The van der Waals surface area contributed by atoms with Gasteiger partial charge in [-0.3, -0.25) is 10.1 Å². The Morgan fingerprint density at radius 3 is 1.85 bits per heavy atom. The Bertz CT molecular complexity index is 1400. The van der Waals surface area contributed by atoms with Gasteiger partial charge in [-0.25, -0.2) is 4.98 Å². The first-order chi connectivity index (χ1) is 18.9. The molecule has 1 N–H and O–H groups in total. The number of carbonyl (C=O) groups is 1. The molecule has 0 aliphatic heterocycles. The van der Waals surface area contributed by atoms with Crippen LogP contribution in [0.2, 0.25) is 0 Å². The number of aromatic nitrogens is 2. The summed E-state index contributed by atoms with van der Waals surface area (Å²) in [5, 5.41) is 2.95. The minimum Gasteiger partial charge on any atom is -0.497 e. The summed E-state index contributed by atoms with van der Waals surface area (Å²) in [5.74, 6) is 2.83. The molecule has 0 bridgehead atoms. The molecule has 0 aliphatic rings. The molecule has 1 heterocycles. The van der Waals surface area contributed by atoms with Crippen molar-refractivity contribution >= 4 is 11.9 Å². The van der Waals surface area contributed by atoms with Gasteiger partial charge in [-0.05, 0) is 66.9 Å². The van der Waals surface area contributed by atoms with Crippen LogP contribution in [0.3, 0.4) is 0 Å². The number of imidazole rings is 1. The Morgan fingerprint density at radius 2 is 1.33 bits per heavy atom. The minimum absolute atomic E-state index is 0.346. The van der Waals surface area contributed by atoms with Crippen molar-refractivity contribution in [3.8, 4) is 40.0 Å². The Morgan fingerprint density at radius 1 is 0.769 bits per heavy atom. The molecular formula is C30H33N3O6. The summed E-state index contributed by atoms with van der Waals surface area (Å²) in [5.41, 5.74) is 4.20. The lowest BCUT2D eigenvalue weighted by Crippen LogP contribution is -2.16. The number of carbonyl (C=O) groups excluding carboxylic acids is 1. The zero-order chi connectivity index (χ0) is 27.9. The van der Waals surface area contributed by atoms with Crippen LogP contribution in [-0.4, -0.2) is 51.0 Å². The minimum atomic E-state index is -0.356. The van der Waals surface area contributed by atoms with Gasteiger partial charge in [0.05, 0.1) is 41.2 Å². The van der Waals surface area contributed by atoms with Gasteiger partial charge < -0.3 is 28.3 Å². The first-order valence-corrected chi connectivity index (χ1v) is 12.4. The molecule has 0 spiro atoms. The van der Waals surface area contributed by atoms with E-state index in [-0.39, 0.29) is 5.91 Å². The highest BCUT2D eigenvalue weighted by Gasteiger charge is 2.21. The lowest BCUT2D eigenvalue weighted by atomic mass is 10.0. The van der Waals surface area contributed by atoms with Crippen LogP contribution in [0.25, 0.3) is 11.3 Å². The van der Waals surface area contributed by atoms with E-state index in [0.717, 1.165) is 34.9 Å². The van der Waals surface area contributed by atoms with E-state index in [1.54, 1.807) is 26.4 Å². The van der Waals surface area contributed by atoms with Crippen LogP contribution in [0.5, 0.6) is 28.7 Å². The maximum Gasteiger partial charge on any atom is 0.258 e. The maximum absolute atomic E-state index is 13.3. The van der Waals surface area contributed by atoms with Crippen LogP contribution in [0.15, 0.2) is 60.7 Å². The standard InChI is InChI=1S/C30H33N3O6/c1-33-24(16-9-19-7-12-22(35-2)13-8-19)27(20-10-14-23(36-3)15-11-20)31-30(33)32-29(34)21-17-25(37-4)28(39-6)26(18-21)38-5/h7-8,10-15,17-18H,9,16H2,1-6H3,(H,31,32,34). The second-order valence-electron chi connectivity index (χ2n) is 8.73. The molecule has 0 fully saturated rings. The highest BCUT2D eigenvalue weighted by atomic mass is 16.5. The topological polar surface area (TPSA) is 93.1 Å². The van der Waals surface area contributed by atoms with Gasteiger partial charge in [0.1, 0.15) is 11.5 Å². The van der Waals surface area contributed by atoms with Crippen LogP contribution in [0, 0.1) is 0 Å². The fourth-order valence-corrected chi connectivity index (χ4v) is 4.35. The summed E-state index contributed by atoms with van der Waals surface area (Å²) in [6.45, 7) is 0. The van der Waals surface area contributed by atoms with Gasteiger partial charge in [0.15, 0.2) is 11.5 Å². The van der Waals surface area contributed by atoms with Crippen molar-refractivity contribution < 1.29 is 28.5 Å². The first kappa shape index (κ1) is 27.4. The summed E-state index contributed by atoms with van der Waals surface area (Å²) in [6, 6.07) is 18.9. The average Bonchev–Trinajstić information content (AvgIpc) is 3.29. The highest BCUT2D eigenvalue weighted by molar-refractivity contribution is 6.04. The molecule has 9 heteroatoms. The molecule has 39 heavy (non-hydrogen) atoms. The van der Waals surface area contributed by atoms with Crippen LogP contribution in [0.1, 0.15) is 21.6 Å². The lowest BCUT2D eigenvalue weighted by molar-refractivity contribution is 0.102. The summed E-state index contributed by atoms with van der Waals surface area (Å²) in [6.07, 6.45) is 1.49. The molecule has 0 radical (unpaired) electrons.